The number of amides is 1. The summed E-state index contributed by atoms with van der Waals surface area (Å²) in [6, 6.07) is 18.9. The zero-order chi connectivity index (χ0) is 15.8. The van der Waals surface area contributed by atoms with Crippen molar-refractivity contribution in [1.82, 2.24) is 4.90 Å². The third-order valence-corrected chi connectivity index (χ3v) is 3.33. The first-order valence-electron chi connectivity index (χ1n) is 7.09. The summed E-state index contributed by atoms with van der Waals surface area (Å²) in [7, 11) is 1.59. The molecule has 2 aromatic carbocycles. The van der Waals surface area contributed by atoms with Crippen LogP contribution in [0.15, 0.2) is 54.6 Å². The van der Waals surface area contributed by atoms with E-state index in [4.69, 9.17) is 10.00 Å². The summed E-state index contributed by atoms with van der Waals surface area (Å²) < 4.78 is 5.10. The molecule has 112 valence electrons. The molecule has 22 heavy (non-hydrogen) atoms. The van der Waals surface area contributed by atoms with Crippen molar-refractivity contribution in [2.24, 2.45) is 0 Å². The molecule has 0 saturated heterocycles. The van der Waals surface area contributed by atoms with E-state index in [9.17, 15) is 4.79 Å². The molecule has 0 saturated carbocycles. The molecule has 0 radical (unpaired) electrons. The van der Waals surface area contributed by atoms with Crippen LogP contribution in [0.3, 0.4) is 0 Å². The fourth-order valence-corrected chi connectivity index (χ4v) is 2.16. The van der Waals surface area contributed by atoms with E-state index >= 15 is 0 Å². The predicted molar refractivity (Wildman–Crippen MR) is 84.4 cm³/mol. The Morgan fingerprint density at radius 3 is 2.41 bits per heavy atom. The van der Waals surface area contributed by atoms with E-state index in [0.717, 1.165) is 5.56 Å². The highest BCUT2D eigenvalue weighted by molar-refractivity contribution is 5.94. The summed E-state index contributed by atoms with van der Waals surface area (Å²) in [5.74, 6) is 0.630. The van der Waals surface area contributed by atoms with Crippen molar-refractivity contribution < 1.29 is 9.53 Å². The molecular formula is C18H18N2O2. The minimum Gasteiger partial charge on any atom is -0.497 e. The Morgan fingerprint density at radius 1 is 1.14 bits per heavy atom. The fraction of sp³-hybridized carbons (Fsp3) is 0.222. The van der Waals surface area contributed by atoms with Crippen molar-refractivity contribution in [1.29, 1.82) is 5.26 Å². The quantitative estimate of drug-likeness (QED) is 0.821. The topological polar surface area (TPSA) is 53.3 Å². The van der Waals surface area contributed by atoms with Gasteiger partial charge in [0, 0.05) is 18.7 Å². The Bertz CT molecular complexity index is 645. The summed E-state index contributed by atoms with van der Waals surface area (Å²) in [6.45, 7) is 0.906. The van der Waals surface area contributed by atoms with Crippen molar-refractivity contribution in [2.45, 2.75) is 13.0 Å². The molecule has 0 N–H and O–H groups in total. The summed E-state index contributed by atoms with van der Waals surface area (Å²) in [5.41, 5.74) is 1.64. The summed E-state index contributed by atoms with van der Waals surface area (Å²) in [4.78, 5) is 14.3. The maximum atomic E-state index is 12.6. The van der Waals surface area contributed by atoms with Crippen molar-refractivity contribution in [3.05, 3.63) is 65.7 Å². The fourth-order valence-electron chi connectivity index (χ4n) is 2.16. The van der Waals surface area contributed by atoms with Gasteiger partial charge in [-0.1, -0.05) is 30.3 Å². The Kier molecular flexibility index (Phi) is 5.56. The maximum absolute atomic E-state index is 12.6. The molecule has 4 heteroatoms. The van der Waals surface area contributed by atoms with Gasteiger partial charge in [-0.05, 0) is 29.8 Å². The van der Waals surface area contributed by atoms with Gasteiger partial charge in [0.2, 0.25) is 0 Å². The van der Waals surface area contributed by atoms with Gasteiger partial charge in [0.25, 0.3) is 5.91 Å². The molecule has 1 amide bonds. The highest BCUT2D eigenvalue weighted by Gasteiger charge is 2.16. The van der Waals surface area contributed by atoms with Crippen molar-refractivity contribution in [3.8, 4) is 11.8 Å². The van der Waals surface area contributed by atoms with E-state index in [2.05, 4.69) is 6.07 Å². The van der Waals surface area contributed by atoms with Crippen LogP contribution in [-0.2, 0) is 6.54 Å². The molecule has 0 aliphatic heterocycles. The van der Waals surface area contributed by atoms with E-state index in [0.29, 0.717) is 30.8 Å². The van der Waals surface area contributed by atoms with Crippen molar-refractivity contribution in [2.75, 3.05) is 13.7 Å². The Balaban J connectivity index is 2.16. The van der Waals surface area contributed by atoms with Gasteiger partial charge in [-0.2, -0.15) is 5.26 Å². The number of nitriles is 1. The number of hydrogen-bond donors (Lipinski definition) is 0. The van der Waals surface area contributed by atoms with Crippen LogP contribution in [0.4, 0.5) is 0 Å². The van der Waals surface area contributed by atoms with Gasteiger partial charge in [-0.25, -0.2) is 0 Å². The lowest BCUT2D eigenvalue weighted by Crippen LogP contribution is -2.31. The van der Waals surface area contributed by atoms with Crippen LogP contribution < -0.4 is 4.74 Å². The van der Waals surface area contributed by atoms with Crippen LogP contribution in [-0.4, -0.2) is 24.5 Å². The second-order valence-corrected chi connectivity index (χ2v) is 4.85. The predicted octanol–water partition coefficient (Wildman–Crippen LogP) is 3.25. The number of rotatable bonds is 6. The number of benzene rings is 2. The van der Waals surface area contributed by atoms with Gasteiger partial charge in [0.15, 0.2) is 0 Å². The average molecular weight is 294 g/mol. The standard InChI is InChI=1S/C18H18N2O2/c1-22-17-10-8-16(9-11-17)18(21)20(13-5-12-19)14-15-6-3-2-4-7-15/h2-4,6-11H,5,13-14H2,1H3. The van der Waals surface area contributed by atoms with E-state index in [1.807, 2.05) is 30.3 Å². The lowest BCUT2D eigenvalue weighted by molar-refractivity contribution is 0.0747. The number of ether oxygens (including phenoxy) is 1. The Hall–Kier alpha value is -2.80. The first-order valence-corrected chi connectivity index (χ1v) is 7.09. The van der Waals surface area contributed by atoms with E-state index in [1.54, 1.807) is 36.3 Å². The SMILES string of the molecule is COc1ccc(C(=O)N(CCC#N)Cc2ccccc2)cc1. The third kappa shape index (κ3) is 4.10. The molecule has 0 fully saturated rings. The molecule has 0 heterocycles. The van der Waals surface area contributed by atoms with Gasteiger partial charge >= 0.3 is 0 Å². The minimum absolute atomic E-state index is 0.0817. The monoisotopic (exact) mass is 294 g/mol. The molecule has 0 spiro atoms. The van der Waals surface area contributed by atoms with Gasteiger partial charge < -0.3 is 9.64 Å². The Morgan fingerprint density at radius 2 is 1.82 bits per heavy atom. The second kappa shape index (κ2) is 7.84. The number of methoxy groups -OCH3 is 1. The maximum Gasteiger partial charge on any atom is 0.254 e. The summed E-state index contributed by atoms with van der Waals surface area (Å²) in [5, 5.41) is 8.80. The molecule has 4 nitrogen and oxygen atoms in total. The molecule has 0 atom stereocenters. The highest BCUT2D eigenvalue weighted by atomic mass is 16.5. The lowest BCUT2D eigenvalue weighted by Gasteiger charge is -2.22. The van der Waals surface area contributed by atoms with Gasteiger partial charge in [-0.3, -0.25) is 4.79 Å². The van der Waals surface area contributed by atoms with E-state index < -0.39 is 0 Å². The lowest BCUT2D eigenvalue weighted by atomic mass is 10.1. The van der Waals surface area contributed by atoms with Crippen LogP contribution in [0.25, 0.3) is 0 Å². The number of carbonyl (C=O) groups is 1. The molecule has 0 aromatic heterocycles. The first kappa shape index (κ1) is 15.6. The number of hydrogen-bond acceptors (Lipinski definition) is 3. The molecular weight excluding hydrogens is 276 g/mol. The van der Waals surface area contributed by atoms with E-state index in [1.165, 1.54) is 0 Å². The zero-order valence-electron chi connectivity index (χ0n) is 12.5. The van der Waals surface area contributed by atoms with Gasteiger partial charge in [-0.15, -0.1) is 0 Å². The smallest absolute Gasteiger partial charge is 0.254 e. The van der Waals surface area contributed by atoms with Crippen molar-refractivity contribution >= 4 is 5.91 Å². The van der Waals surface area contributed by atoms with Gasteiger partial charge in [0.05, 0.1) is 19.6 Å². The second-order valence-electron chi connectivity index (χ2n) is 4.85. The average Bonchev–Trinajstić information content (AvgIpc) is 2.59. The summed E-state index contributed by atoms with van der Waals surface area (Å²) in [6.07, 6.45) is 0.314. The minimum atomic E-state index is -0.0817. The van der Waals surface area contributed by atoms with E-state index in [-0.39, 0.29) is 5.91 Å². The van der Waals surface area contributed by atoms with Gasteiger partial charge in [0.1, 0.15) is 5.75 Å². The zero-order valence-corrected chi connectivity index (χ0v) is 12.5. The Labute approximate surface area is 130 Å². The van der Waals surface area contributed by atoms with Crippen LogP contribution >= 0.6 is 0 Å². The highest BCUT2D eigenvalue weighted by Crippen LogP contribution is 2.15. The normalized spacial score (nSPS) is 9.82. The molecule has 0 aliphatic rings. The third-order valence-electron chi connectivity index (χ3n) is 3.33. The molecule has 0 bridgehead atoms. The summed E-state index contributed by atoms with van der Waals surface area (Å²) >= 11 is 0. The van der Waals surface area contributed by atoms with Crippen LogP contribution in [0.5, 0.6) is 5.75 Å². The molecule has 0 unspecified atom stereocenters. The van der Waals surface area contributed by atoms with Crippen LogP contribution in [0.1, 0.15) is 22.3 Å². The number of carbonyl (C=O) groups excluding carboxylic acids is 1. The largest absolute Gasteiger partial charge is 0.497 e. The molecule has 2 rings (SSSR count). The number of nitrogens with zero attached hydrogens (tertiary/aromatic N) is 2. The van der Waals surface area contributed by atoms with Crippen LogP contribution in [0, 0.1) is 11.3 Å². The molecule has 0 aliphatic carbocycles. The molecule has 2 aromatic rings. The first-order chi connectivity index (χ1) is 10.7. The van der Waals surface area contributed by atoms with Crippen molar-refractivity contribution in [3.63, 3.8) is 0 Å². The van der Waals surface area contributed by atoms with Crippen LogP contribution in [0.2, 0.25) is 0 Å².